The Kier molecular flexibility index (Phi) is 52.2. The molecule has 6 N–H and O–H groups in total. The van der Waals surface area contributed by atoms with Crippen molar-refractivity contribution >= 4 is 11.9 Å². The highest BCUT2D eigenvalue weighted by atomic mass is 16.7. The zero-order chi connectivity index (χ0) is 57.5. The molecule has 0 bridgehead atoms. The minimum Gasteiger partial charge on any atom is -0.454 e. The van der Waals surface area contributed by atoms with Crippen molar-refractivity contribution in [1.82, 2.24) is 5.32 Å². The van der Waals surface area contributed by atoms with Gasteiger partial charge in [0, 0.05) is 6.42 Å². The minimum atomic E-state index is -1.64. The molecule has 11 nitrogen and oxygen atoms in total. The number of allylic oxidation sites excluding steroid dienone is 11. The van der Waals surface area contributed by atoms with E-state index in [4.69, 9.17) is 14.2 Å². The first kappa shape index (κ1) is 74.1. The number of carbonyl (C=O) groups excluding carboxylic acids is 2. The molecule has 8 unspecified atom stereocenters. The van der Waals surface area contributed by atoms with Crippen molar-refractivity contribution in [2.45, 2.75) is 333 Å². The molecule has 0 spiro atoms. The van der Waals surface area contributed by atoms with E-state index in [2.05, 4.69) is 80.8 Å². The number of esters is 1. The molecule has 0 saturated carbocycles. The highest BCUT2D eigenvalue weighted by molar-refractivity contribution is 5.80. The predicted molar refractivity (Wildman–Crippen MR) is 329 cm³/mol. The molecule has 0 aromatic carbocycles. The van der Waals surface area contributed by atoms with E-state index in [1.165, 1.54) is 167 Å². The van der Waals surface area contributed by atoms with Crippen molar-refractivity contribution in [3.8, 4) is 0 Å². The number of amides is 1. The van der Waals surface area contributed by atoms with Crippen LogP contribution in [0.15, 0.2) is 72.9 Å². The molecule has 1 aliphatic rings. The van der Waals surface area contributed by atoms with Crippen molar-refractivity contribution in [2.75, 3.05) is 13.2 Å². The fourth-order valence-electron chi connectivity index (χ4n) is 9.87. The number of hydrogen-bond donors (Lipinski definition) is 6. The molecule has 1 aliphatic heterocycles. The third kappa shape index (κ3) is 43.5. The normalized spacial score (nSPS) is 19.3. The van der Waals surface area contributed by atoms with E-state index in [0.29, 0.717) is 19.3 Å². The van der Waals surface area contributed by atoms with Gasteiger partial charge in [0.1, 0.15) is 24.4 Å². The lowest BCUT2D eigenvalue weighted by Gasteiger charge is -2.41. The quantitative estimate of drug-likeness (QED) is 0.0195. The van der Waals surface area contributed by atoms with Gasteiger partial charge in [-0.3, -0.25) is 9.59 Å². The molecular formula is C68H121NO10. The molecule has 0 aliphatic carbocycles. The standard InChI is InChI=1S/C68H121NO10/c1-4-7-10-13-16-19-22-24-26-28-29-30-31-32-34-35-37-40-43-46-49-52-55-61(72)67(76)69-59(60(71)54-51-48-45-42-39-21-18-15-12-9-6-3)58-77-68-66(65(75)64(74)62(57-70)78-68)79-63(73)56-53-50-47-44-41-38-36-33-27-25-23-20-17-14-11-8-5-2/h17,20,24-27,36,38,44,47,51,54,59-62,64-66,68,70-72,74-75H,4-16,18-19,21-23,28-35,37,39-43,45-46,48-50,52-53,55-58H2,1-3H3,(H,69,76)/b20-17-,26-24+,27-25-,38-36-,47-44-,54-51+. The van der Waals surface area contributed by atoms with Gasteiger partial charge in [0.25, 0.3) is 0 Å². The van der Waals surface area contributed by atoms with E-state index in [1.807, 2.05) is 12.2 Å². The number of rotatable bonds is 55. The summed E-state index contributed by atoms with van der Waals surface area (Å²) in [5, 5.41) is 57.0. The molecule has 1 heterocycles. The maximum absolute atomic E-state index is 13.4. The first-order chi connectivity index (χ1) is 38.7. The molecule has 8 atom stereocenters. The summed E-state index contributed by atoms with van der Waals surface area (Å²) in [4.78, 5) is 26.5. The van der Waals surface area contributed by atoms with E-state index >= 15 is 0 Å². The summed E-state index contributed by atoms with van der Waals surface area (Å²) in [6.45, 7) is 5.73. The molecule has 1 fully saturated rings. The van der Waals surface area contributed by atoms with Gasteiger partial charge in [-0.15, -0.1) is 0 Å². The van der Waals surface area contributed by atoms with Gasteiger partial charge in [-0.2, -0.15) is 0 Å². The Bertz CT molecular complexity index is 1560. The average Bonchev–Trinajstić information content (AvgIpc) is 3.47. The van der Waals surface area contributed by atoms with Gasteiger partial charge in [0.15, 0.2) is 12.4 Å². The monoisotopic (exact) mass is 1110 g/mol. The van der Waals surface area contributed by atoms with Crippen molar-refractivity contribution in [1.29, 1.82) is 0 Å². The molecule has 1 amide bonds. The fourth-order valence-corrected chi connectivity index (χ4v) is 9.87. The van der Waals surface area contributed by atoms with Crippen LogP contribution in [0.1, 0.15) is 284 Å². The van der Waals surface area contributed by atoms with Crippen LogP contribution in [0, 0.1) is 0 Å². The number of ether oxygens (including phenoxy) is 3. The zero-order valence-corrected chi connectivity index (χ0v) is 50.7. The van der Waals surface area contributed by atoms with Crippen LogP contribution >= 0.6 is 0 Å². The molecule has 11 heteroatoms. The Morgan fingerprint density at radius 1 is 0.494 bits per heavy atom. The van der Waals surface area contributed by atoms with Crippen LogP contribution in [0.2, 0.25) is 0 Å². The number of carbonyl (C=O) groups is 2. The van der Waals surface area contributed by atoms with Gasteiger partial charge in [-0.25, -0.2) is 0 Å². The summed E-state index contributed by atoms with van der Waals surface area (Å²) in [6.07, 6.45) is 60.9. The second kappa shape index (κ2) is 55.6. The second-order valence-corrected chi connectivity index (χ2v) is 22.5. The van der Waals surface area contributed by atoms with Crippen molar-refractivity contribution < 1.29 is 49.3 Å². The Morgan fingerprint density at radius 3 is 1.34 bits per heavy atom. The van der Waals surface area contributed by atoms with Gasteiger partial charge < -0.3 is 45.1 Å². The zero-order valence-electron chi connectivity index (χ0n) is 50.7. The van der Waals surface area contributed by atoms with E-state index in [-0.39, 0.29) is 19.4 Å². The highest BCUT2D eigenvalue weighted by Gasteiger charge is 2.47. The molecule has 458 valence electrons. The van der Waals surface area contributed by atoms with Crippen LogP contribution in [0.3, 0.4) is 0 Å². The lowest BCUT2D eigenvalue weighted by atomic mass is 9.99. The van der Waals surface area contributed by atoms with Gasteiger partial charge in [-0.05, 0) is 89.9 Å². The Labute approximate surface area is 483 Å². The summed E-state index contributed by atoms with van der Waals surface area (Å²) in [6, 6.07) is -1.04. The summed E-state index contributed by atoms with van der Waals surface area (Å²) in [7, 11) is 0. The van der Waals surface area contributed by atoms with Crippen molar-refractivity contribution in [3.63, 3.8) is 0 Å². The molecule has 1 rings (SSSR count). The van der Waals surface area contributed by atoms with Crippen LogP contribution in [-0.2, 0) is 23.8 Å². The maximum Gasteiger partial charge on any atom is 0.306 e. The first-order valence-electron chi connectivity index (χ1n) is 32.7. The molecule has 0 aromatic rings. The average molecular weight is 1110 g/mol. The number of unbranched alkanes of at least 4 members (excludes halogenated alkanes) is 31. The lowest BCUT2D eigenvalue weighted by molar-refractivity contribution is -0.305. The van der Waals surface area contributed by atoms with E-state index in [9.17, 15) is 35.1 Å². The Balaban J connectivity index is 2.64. The lowest BCUT2D eigenvalue weighted by Crippen LogP contribution is -2.61. The van der Waals surface area contributed by atoms with E-state index < -0.39 is 67.4 Å². The molecule has 0 radical (unpaired) electrons. The van der Waals surface area contributed by atoms with Gasteiger partial charge in [0.2, 0.25) is 5.91 Å². The van der Waals surface area contributed by atoms with Crippen LogP contribution in [0.5, 0.6) is 0 Å². The van der Waals surface area contributed by atoms with E-state index in [0.717, 1.165) is 64.2 Å². The largest absolute Gasteiger partial charge is 0.454 e. The molecule has 79 heavy (non-hydrogen) atoms. The fraction of sp³-hybridized carbons (Fsp3) is 0.794. The van der Waals surface area contributed by atoms with Crippen LogP contribution in [0.25, 0.3) is 0 Å². The van der Waals surface area contributed by atoms with Gasteiger partial charge in [-0.1, -0.05) is 261 Å². The van der Waals surface area contributed by atoms with Crippen LogP contribution in [0.4, 0.5) is 0 Å². The SMILES string of the molecule is CCCCC/C=C\C/C=C\C/C=C\C/C=C\CCCC(=O)OC1C(OCC(NC(=O)C(O)CCCCCCCCCCCCCC/C=C/CCCCCCCC)C(O)/C=C/CCCCCCCCCCC)OC(CO)C(O)C1O. The topological polar surface area (TPSA) is 175 Å². The Hall–Kier alpha value is -2.90. The summed E-state index contributed by atoms with van der Waals surface area (Å²) in [5.74, 6) is -1.25. The Morgan fingerprint density at radius 2 is 0.873 bits per heavy atom. The van der Waals surface area contributed by atoms with Crippen LogP contribution < -0.4 is 5.32 Å². The smallest absolute Gasteiger partial charge is 0.306 e. The number of aliphatic hydroxyl groups excluding tert-OH is 5. The molecule has 1 saturated heterocycles. The minimum absolute atomic E-state index is 0.0463. The van der Waals surface area contributed by atoms with Crippen molar-refractivity contribution in [3.05, 3.63) is 72.9 Å². The first-order valence-corrected chi connectivity index (χ1v) is 32.7. The molecule has 0 aromatic heterocycles. The predicted octanol–water partition coefficient (Wildman–Crippen LogP) is 16.0. The van der Waals surface area contributed by atoms with Gasteiger partial charge in [0.05, 0.1) is 25.4 Å². The number of hydrogen-bond acceptors (Lipinski definition) is 10. The third-order valence-electron chi connectivity index (χ3n) is 15.1. The highest BCUT2D eigenvalue weighted by Crippen LogP contribution is 2.26. The maximum atomic E-state index is 13.4. The van der Waals surface area contributed by atoms with Gasteiger partial charge >= 0.3 is 5.97 Å². The van der Waals surface area contributed by atoms with Crippen molar-refractivity contribution in [2.24, 2.45) is 0 Å². The van der Waals surface area contributed by atoms with E-state index in [1.54, 1.807) is 6.08 Å². The van der Waals surface area contributed by atoms with Crippen LogP contribution in [-0.4, -0.2) is 99.6 Å². The summed E-state index contributed by atoms with van der Waals surface area (Å²) in [5.41, 5.74) is 0. The third-order valence-corrected chi connectivity index (χ3v) is 15.1. The summed E-state index contributed by atoms with van der Waals surface area (Å²) >= 11 is 0. The number of aliphatic hydroxyl groups is 5. The summed E-state index contributed by atoms with van der Waals surface area (Å²) < 4.78 is 17.6. The second-order valence-electron chi connectivity index (χ2n) is 22.5. The number of nitrogens with one attached hydrogen (secondary N) is 1. The molecular weight excluding hydrogens is 991 g/mol.